The van der Waals surface area contributed by atoms with Crippen LogP contribution in [-0.4, -0.2) is 60.3 Å². The van der Waals surface area contributed by atoms with Crippen molar-refractivity contribution in [3.8, 4) is 0 Å². The van der Waals surface area contributed by atoms with Crippen LogP contribution in [0.3, 0.4) is 0 Å². The Bertz CT molecular complexity index is 1150. The van der Waals surface area contributed by atoms with Crippen molar-refractivity contribution in [1.29, 1.82) is 0 Å². The molecule has 10 nitrogen and oxygen atoms in total. The number of anilines is 1. The Hall–Kier alpha value is -2.38. The van der Waals surface area contributed by atoms with Crippen molar-refractivity contribution < 1.29 is 37.0 Å². The van der Waals surface area contributed by atoms with E-state index in [1.807, 2.05) is 33.9 Å². The monoisotopic (exact) mass is 645 g/mol. The number of aromatic nitrogens is 2. The topological polar surface area (TPSA) is 118 Å². The highest BCUT2D eigenvalue weighted by molar-refractivity contribution is 6.74. The smallest absolute Gasteiger partial charge is 0.413 e. The average Bonchev–Trinajstić information content (AvgIpc) is 3.12. The van der Waals surface area contributed by atoms with Gasteiger partial charge in [0, 0.05) is 12.6 Å². The molecular formula is C31H53F2N3O7Si. The van der Waals surface area contributed by atoms with Crippen molar-refractivity contribution >= 4 is 26.2 Å². The maximum atomic E-state index is 16.0. The predicted molar refractivity (Wildman–Crippen MR) is 167 cm³/mol. The molecule has 13 heteroatoms. The number of nitrogens with one attached hydrogen (secondary N) is 1. The summed E-state index contributed by atoms with van der Waals surface area (Å²) in [5.41, 5.74) is -1.88. The minimum Gasteiger partial charge on any atom is -0.453 e. The van der Waals surface area contributed by atoms with E-state index < -0.39 is 56.0 Å². The Morgan fingerprint density at radius 3 is 2.18 bits per heavy atom. The number of carbonyl (C=O) groups is 2. The fourth-order valence-corrected chi connectivity index (χ4v) is 5.44. The van der Waals surface area contributed by atoms with E-state index in [0.717, 1.165) is 31.9 Å². The quantitative estimate of drug-likeness (QED) is 0.118. The maximum Gasteiger partial charge on any atom is 0.413 e. The number of rotatable bonds is 15. The second-order valence-corrected chi connectivity index (χ2v) is 18.8. The maximum absolute atomic E-state index is 16.0. The summed E-state index contributed by atoms with van der Waals surface area (Å²) >= 11 is 0. The second-order valence-electron chi connectivity index (χ2n) is 14.0. The van der Waals surface area contributed by atoms with Crippen molar-refractivity contribution in [3.63, 3.8) is 0 Å². The van der Waals surface area contributed by atoms with Crippen LogP contribution in [0.4, 0.5) is 19.4 Å². The molecule has 0 spiro atoms. The van der Waals surface area contributed by atoms with E-state index in [-0.39, 0.29) is 23.9 Å². The van der Waals surface area contributed by atoms with E-state index in [4.69, 9.17) is 18.6 Å². The summed E-state index contributed by atoms with van der Waals surface area (Å²) in [6, 6.07) is 1.19. The Morgan fingerprint density at radius 1 is 1.05 bits per heavy atom. The number of unbranched alkanes of at least 4 members (excludes halogenated alkanes) is 7. The van der Waals surface area contributed by atoms with Crippen molar-refractivity contribution in [2.45, 2.75) is 154 Å². The lowest BCUT2D eigenvalue weighted by atomic mass is 10.1. The highest BCUT2D eigenvalue weighted by Crippen LogP contribution is 2.45. The lowest BCUT2D eigenvalue weighted by Gasteiger charge is -2.37. The molecule has 1 aromatic rings. The molecule has 0 bridgehead atoms. The number of hydrogen-bond donors (Lipinski definition) is 1. The molecular weight excluding hydrogens is 592 g/mol. The minimum absolute atomic E-state index is 0.00849. The average molecular weight is 646 g/mol. The van der Waals surface area contributed by atoms with Gasteiger partial charge >= 0.3 is 23.7 Å². The van der Waals surface area contributed by atoms with Gasteiger partial charge in [-0.15, -0.1) is 0 Å². The third-order valence-electron chi connectivity index (χ3n) is 7.97. The lowest BCUT2D eigenvalue weighted by molar-refractivity contribution is -0.176. The normalized spacial score (nSPS) is 20.4. The van der Waals surface area contributed by atoms with E-state index in [0.29, 0.717) is 11.0 Å². The van der Waals surface area contributed by atoms with Gasteiger partial charge in [-0.2, -0.15) is 13.8 Å². The number of alkyl halides is 2. The van der Waals surface area contributed by atoms with Crippen LogP contribution < -0.4 is 11.0 Å². The zero-order chi connectivity index (χ0) is 33.3. The summed E-state index contributed by atoms with van der Waals surface area (Å²) in [5, 5.41) is 2.11. The van der Waals surface area contributed by atoms with Crippen molar-refractivity contribution in [2.75, 3.05) is 11.9 Å². The number of ether oxygens (including phenoxy) is 3. The highest BCUT2D eigenvalue weighted by atomic mass is 28.4. The van der Waals surface area contributed by atoms with E-state index in [2.05, 4.69) is 17.2 Å². The number of hydrogen-bond acceptors (Lipinski definition) is 8. The molecule has 1 fully saturated rings. The van der Waals surface area contributed by atoms with Gasteiger partial charge in [0.25, 0.3) is 0 Å². The van der Waals surface area contributed by atoms with Crippen LogP contribution >= 0.6 is 0 Å². The first-order valence-corrected chi connectivity index (χ1v) is 18.6. The van der Waals surface area contributed by atoms with Crippen LogP contribution in [0.25, 0.3) is 0 Å². The molecule has 1 aliphatic heterocycles. The SMILES string of the molecule is CCCCCCCCCCC(=O)O[C@@H]1[C@@H](CO[Si](C)(C)C(C)(C)C)OC(n2ccc(NC(=O)OC(C)(C)C)nc2=O)C1(F)F. The molecule has 252 valence electrons. The Kier molecular flexibility index (Phi) is 13.5. The molecule has 2 heterocycles. The van der Waals surface area contributed by atoms with Crippen molar-refractivity contribution in [1.82, 2.24) is 9.55 Å². The Balaban J connectivity index is 2.19. The van der Waals surface area contributed by atoms with Crippen LogP contribution in [0, 0.1) is 0 Å². The molecule has 1 saturated heterocycles. The second kappa shape index (κ2) is 15.8. The molecule has 0 aliphatic carbocycles. The van der Waals surface area contributed by atoms with E-state index in [1.165, 1.54) is 25.3 Å². The number of halogens is 2. The van der Waals surface area contributed by atoms with Gasteiger partial charge < -0.3 is 18.6 Å². The van der Waals surface area contributed by atoms with Crippen LogP contribution in [0.15, 0.2) is 17.1 Å². The summed E-state index contributed by atoms with van der Waals surface area (Å²) in [6.07, 6.45) is 2.93. The molecule has 0 saturated carbocycles. The van der Waals surface area contributed by atoms with Crippen LogP contribution in [0.5, 0.6) is 0 Å². The molecule has 1 unspecified atom stereocenters. The largest absolute Gasteiger partial charge is 0.453 e. The molecule has 0 radical (unpaired) electrons. The lowest BCUT2D eigenvalue weighted by Crippen LogP contribution is -2.47. The number of esters is 1. The van der Waals surface area contributed by atoms with Gasteiger partial charge in [0.1, 0.15) is 17.5 Å². The zero-order valence-electron chi connectivity index (χ0n) is 28.0. The van der Waals surface area contributed by atoms with Gasteiger partial charge in [-0.25, -0.2) is 9.59 Å². The molecule has 1 aliphatic rings. The highest BCUT2D eigenvalue weighted by Gasteiger charge is 2.62. The van der Waals surface area contributed by atoms with Crippen molar-refractivity contribution in [2.24, 2.45) is 0 Å². The van der Waals surface area contributed by atoms with Gasteiger partial charge in [-0.1, -0.05) is 72.6 Å². The predicted octanol–water partition coefficient (Wildman–Crippen LogP) is 7.59. The molecule has 1 amide bonds. The van der Waals surface area contributed by atoms with Crippen LogP contribution in [0.2, 0.25) is 18.1 Å². The molecule has 0 aromatic carbocycles. The Labute approximate surface area is 261 Å². The number of carbonyl (C=O) groups excluding carboxylic acids is 2. The van der Waals surface area contributed by atoms with E-state index in [9.17, 15) is 14.4 Å². The van der Waals surface area contributed by atoms with Gasteiger partial charge in [0.15, 0.2) is 14.4 Å². The van der Waals surface area contributed by atoms with Crippen molar-refractivity contribution in [3.05, 3.63) is 22.7 Å². The number of amides is 1. The molecule has 3 atom stereocenters. The number of nitrogens with zero attached hydrogens (tertiary/aromatic N) is 2. The molecule has 2 rings (SSSR count). The summed E-state index contributed by atoms with van der Waals surface area (Å²) in [4.78, 5) is 41.4. The first-order chi connectivity index (χ1) is 20.3. The van der Waals surface area contributed by atoms with E-state index >= 15 is 8.78 Å². The molecule has 44 heavy (non-hydrogen) atoms. The third-order valence-corrected chi connectivity index (χ3v) is 12.5. The summed E-state index contributed by atoms with van der Waals surface area (Å²) in [6.45, 7) is 16.9. The standard InChI is InChI=1S/C31H53F2N3O7Si/c1-10-11-12-13-14-15-16-17-18-24(37)42-25-22(21-40-44(8,9)30(5,6)7)41-26(31(25,32)33)36-20-19-23(34-27(36)38)35-28(39)43-29(2,3)4/h19-20,22,25-26H,10-18,21H2,1-9H3,(H,34,35,38,39)/t22-,25-,26?/m1/s1. The zero-order valence-corrected chi connectivity index (χ0v) is 29.0. The molecule has 1 aromatic heterocycles. The van der Waals surface area contributed by atoms with Gasteiger partial charge in [0.2, 0.25) is 6.23 Å². The summed E-state index contributed by atoms with van der Waals surface area (Å²) in [5.74, 6) is -4.69. The van der Waals surface area contributed by atoms with Gasteiger partial charge in [0.05, 0.1) is 6.61 Å². The summed E-state index contributed by atoms with van der Waals surface area (Å²) < 4.78 is 55.0. The summed E-state index contributed by atoms with van der Waals surface area (Å²) in [7, 11) is -2.38. The Morgan fingerprint density at radius 2 is 1.64 bits per heavy atom. The van der Waals surface area contributed by atoms with E-state index in [1.54, 1.807) is 20.8 Å². The van der Waals surface area contributed by atoms with Gasteiger partial charge in [-0.05, 0) is 51.4 Å². The fourth-order valence-electron chi connectivity index (χ4n) is 4.43. The molecule has 1 N–H and O–H groups in total. The fraction of sp³-hybridized carbons (Fsp3) is 0.806. The van der Waals surface area contributed by atoms with Crippen LogP contribution in [-0.2, 0) is 23.4 Å². The first-order valence-electron chi connectivity index (χ1n) is 15.7. The van der Waals surface area contributed by atoms with Crippen LogP contribution in [0.1, 0.15) is 112 Å². The minimum atomic E-state index is -3.78. The first kappa shape index (κ1) is 37.8. The van der Waals surface area contributed by atoms with Gasteiger partial charge in [-0.3, -0.25) is 14.7 Å². The third kappa shape index (κ3) is 11.2.